The smallest absolute Gasteiger partial charge is 0.313 e. The van der Waals surface area contributed by atoms with E-state index in [0.717, 1.165) is 16.5 Å². The lowest BCUT2D eigenvalue weighted by molar-refractivity contribution is -0.142. The highest BCUT2D eigenvalue weighted by molar-refractivity contribution is 6.30. The van der Waals surface area contributed by atoms with Gasteiger partial charge in [-0.05, 0) is 55.3 Å². The van der Waals surface area contributed by atoms with E-state index < -0.39 is 11.4 Å². The summed E-state index contributed by atoms with van der Waals surface area (Å²) in [7, 11) is 0. The normalized spacial score (nSPS) is 11.5. The van der Waals surface area contributed by atoms with E-state index in [2.05, 4.69) is 4.98 Å². The molecule has 0 spiro atoms. The number of aliphatic carboxylic acids is 1. The quantitative estimate of drug-likeness (QED) is 0.712. The monoisotopic (exact) mass is 355 g/mol. The number of carbonyl (C=O) groups is 1. The van der Waals surface area contributed by atoms with E-state index in [1.807, 2.05) is 48.5 Å². The number of rotatable bonds is 5. The Morgan fingerprint density at radius 2 is 2.00 bits per heavy atom. The molecule has 128 valence electrons. The number of fused-ring (bicyclic) bond motifs is 1. The Kier molecular flexibility index (Phi) is 4.64. The van der Waals surface area contributed by atoms with Crippen LogP contribution in [0.4, 0.5) is 0 Å². The van der Waals surface area contributed by atoms with E-state index in [1.165, 1.54) is 0 Å². The second-order valence-electron chi connectivity index (χ2n) is 6.43. The van der Waals surface area contributed by atoms with E-state index in [9.17, 15) is 9.90 Å². The predicted octanol–water partition coefficient (Wildman–Crippen LogP) is 4.83. The molecule has 1 aromatic heterocycles. The van der Waals surface area contributed by atoms with Crippen LogP contribution in [-0.2, 0) is 16.8 Å². The number of hydrogen-bond acceptors (Lipinski definition) is 3. The molecule has 0 atom stereocenters. The van der Waals surface area contributed by atoms with Crippen molar-refractivity contribution < 1.29 is 14.6 Å². The van der Waals surface area contributed by atoms with Crippen LogP contribution in [0, 0.1) is 0 Å². The summed E-state index contributed by atoms with van der Waals surface area (Å²) in [5.41, 5.74) is 1.43. The molecule has 2 aromatic carbocycles. The first kappa shape index (κ1) is 17.2. The lowest BCUT2D eigenvalue weighted by Gasteiger charge is -2.19. The molecule has 5 heteroatoms. The fourth-order valence-electron chi connectivity index (χ4n) is 2.45. The third kappa shape index (κ3) is 3.74. The lowest BCUT2D eigenvalue weighted by atomic mass is 9.85. The fourth-order valence-corrected chi connectivity index (χ4v) is 2.66. The Morgan fingerprint density at radius 1 is 1.20 bits per heavy atom. The molecule has 0 aliphatic rings. The molecule has 0 aliphatic carbocycles. The number of ether oxygens (including phenoxy) is 1. The van der Waals surface area contributed by atoms with E-state index in [0.29, 0.717) is 22.9 Å². The number of carboxylic acid groups (broad SMARTS) is 1. The van der Waals surface area contributed by atoms with Crippen LogP contribution in [0.2, 0.25) is 5.02 Å². The van der Waals surface area contributed by atoms with Crippen molar-refractivity contribution in [3.05, 3.63) is 70.9 Å². The molecule has 4 nitrogen and oxygen atoms in total. The van der Waals surface area contributed by atoms with Crippen molar-refractivity contribution in [3.8, 4) is 5.75 Å². The first-order valence-electron chi connectivity index (χ1n) is 7.87. The van der Waals surface area contributed by atoms with Gasteiger partial charge < -0.3 is 9.84 Å². The van der Waals surface area contributed by atoms with Gasteiger partial charge in [0.15, 0.2) is 0 Å². The molecule has 0 saturated heterocycles. The minimum atomic E-state index is -0.983. The third-order valence-corrected chi connectivity index (χ3v) is 4.44. The minimum absolute atomic E-state index is 0.413. The van der Waals surface area contributed by atoms with E-state index in [1.54, 1.807) is 20.0 Å². The van der Waals surface area contributed by atoms with Crippen molar-refractivity contribution in [1.29, 1.82) is 0 Å². The number of hydrogen-bond donors (Lipinski definition) is 1. The van der Waals surface area contributed by atoms with Crippen LogP contribution < -0.4 is 4.74 Å². The standard InChI is InChI=1S/C20H18ClNO3/c1-20(2,19(23)24)15-9-14-6-7-17(10-18(14)22-11-15)25-12-13-4-3-5-16(21)8-13/h3-11H,12H2,1-2H3,(H,23,24). The van der Waals surface area contributed by atoms with Crippen LogP contribution in [0.3, 0.4) is 0 Å². The summed E-state index contributed by atoms with van der Waals surface area (Å²) in [6.07, 6.45) is 1.61. The van der Waals surface area contributed by atoms with E-state index in [-0.39, 0.29) is 0 Å². The molecule has 0 unspecified atom stereocenters. The predicted molar refractivity (Wildman–Crippen MR) is 98.2 cm³/mol. The molecule has 1 N–H and O–H groups in total. The van der Waals surface area contributed by atoms with Gasteiger partial charge in [-0.25, -0.2) is 0 Å². The Balaban J connectivity index is 1.82. The third-order valence-electron chi connectivity index (χ3n) is 4.21. The van der Waals surface area contributed by atoms with Gasteiger partial charge in [0.05, 0.1) is 10.9 Å². The maximum Gasteiger partial charge on any atom is 0.313 e. The van der Waals surface area contributed by atoms with Crippen molar-refractivity contribution in [2.24, 2.45) is 0 Å². The van der Waals surface area contributed by atoms with Gasteiger partial charge in [0.25, 0.3) is 0 Å². The van der Waals surface area contributed by atoms with Crippen LogP contribution in [0.25, 0.3) is 10.9 Å². The van der Waals surface area contributed by atoms with Crippen LogP contribution in [-0.4, -0.2) is 16.1 Å². The van der Waals surface area contributed by atoms with Crippen molar-refractivity contribution in [1.82, 2.24) is 4.98 Å². The summed E-state index contributed by atoms with van der Waals surface area (Å²) in [6, 6.07) is 15.0. The maximum atomic E-state index is 11.4. The zero-order valence-corrected chi connectivity index (χ0v) is 14.7. The second kappa shape index (κ2) is 6.73. The van der Waals surface area contributed by atoms with Crippen molar-refractivity contribution in [3.63, 3.8) is 0 Å². The van der Waals surface area contributed by atoms with Crippen molar-refractivity contribution in [2.75, 3.05) is 0 Å². The van der Waals surface area contributed by atoms with Crippen LogP contribution >= 0.6 is 11.6 Å². The van der Waals surface area contributed by atoms with Crippen molar-refractivity contribution in [2.45, 2.75) is 25.9 Å². The van der Waals surface area contributed by atoms with Gasteiger partial charge in [-0.1, -0.05) is 23.7 Å². The van der Waals surface area contributed by atoms with Gasteiger partial charge >= 0.3 is 5.97 Å². The summed E-state index contributed by atoms with van der Waals surface area (Å²) < 4.78 is 5.80. The van der Waals surface area contributed by atoms with Gasteiger partial charge in [0, 0.05) is 22.7 Å². The van der Waals surface area contributed by atoms with Crippen LogP contribution in [0.15, 0.2) is 54.7 Å². The highest BCUT2D eigenvalue weighted by Crippen LogP contribution is 2.27. The molecule has 3 rings (SSSR count). The van der Waals surface area contributed by atoms with E-state index >= 15 is 0 Å². The molecule has 0 radical (unpaired) electrons. The summed E-state index contributed by atoms with van der Waals surface area (Å²) >= 11 is 5.97. The number of benzene rings is 2. The van der Waals surface area contributed by atoms with Crippen LogP contribution in [0.5, 0.6) is 5.75 Å². The molecule has 3 aromatic rings. The fraction of sp³-hybridized carbons (Fsp3) is 0.200. The van der Waals surface area contributed by atoms with Gasteiger partial charge in [-0.2, -0.15) is 0 Å². The zero-order chi connectivity index (χ0) is 18.0. The number of carboxylic acids is 1. The average Bonchev–Trinajstić information content (AvgIpc) is 2.59. The average molecular weight is 356 g/mol. The topological polar surface area (TPSA) is 59.4 Å². The highest BCUT2D eigenvalue weighted by atomic mass is 35.5. The molecule has 0 bridgehead atoms. The summed E-state index contributed by atoms with van der Waals surface area (Å²) in [5, 5.41) is 10.9. The largest absolute Gasteiger partial charge is 0.489 e. The SMILES string of the molecule is CC(C)(C(=O)O)c1cnc2cc(OCc3cccc(Cl)c3)ccc2c1. The number of halogens is 1. The Bertz CT molecular complexity index is 937. The molecule has 0 amide bonds. The Labute approximate surface area is 151 Å². The second-order valence-corrected chi connectivity index (χ2v) is 6.86. The molecular weight excluding hydrogens is 338 g/mol. The van der Waals surface area contributed by atoms with Gasteiger partial charge in [0.1, 0.15) is 12.4 Å². The molecule has 0 aliphatic heterocycles. The van der Waals surface area contributed by atoms with Gasteiger partial charge in [-0.15, -0.1) is 0 Å². The zero-order valence-electron chi connectivity index (χ0n) is 14.0. The Hall–Kier alpha value is -2.59. The van der Waals surface area contributed by atoms with E-state index in [4.69, 9.17) is 16.3 Å². The first-order chi connectivity index (χ1) is 11.9. The molecule has 1 heterocycles. The van der Waals surface area contributed by atoms with Gasteiger partial charge in [-0.3, -0.25) is 9.78 Å². The van der Waals surface area contributed by atoms with Crippen LogP contribution in [0.1, 0.15) is 25.0 Å². The Morgan fingerprint density at radius 3 is 2.72 bits per heavy atom. The molecular formula is C20H18ClNO3. The molecule has 0 saturated carbocycles. The molecule has 0 fully saturated rings. The number of nitrogens with zero attached hydrogens (tertiary/aromatic N) is 1. The summed E-state index contributed by atoms with van der Waals surface area (Å²) in [4.78, 5) is 15.8. The summed E-state index contributed by atoms with van der Waals surface area (Å²) in [6.45, 7) is 3.75. The molecule has 25 heavy (non-hydrogen) atoms. The number of aromatic nitrogens is 1. The lowest BCUT2D eigenvalue weighted by Crippen LogP contribution is -2.28. The van der Waals surface area contributed by atoms with Gasteiger partial charge in [0.2, 0.25) is 0 Å². The highest BCUT2D eigenvalue weighted by Gasteiger charge is 2.29. The van der Waals surface area contributed by atoms with Crippen molar-refractivity contribution >= 4 is 28.5 Å². The first-order valence-corrected chi connectivity index (χ1v) is 8.25. The summed E-state index contributed by atoms with van der Waals surface area (Å²) in [5.74, 6) is -0.180. The minimum Gasteiger partial charge on any atom is -0.489 e. The number of pyridine rings is 1. The maximum absolute atomic E-state index is 11.4.